The fraction of sp³-hybridized carbons (Fsp3) is 0.500. The van der Waals surface area contributed by atoms with Crippen molar-refractivity contribution < 1.29 is 4.79 Å². The summed E-state index contributed by atoms with van der Waals surface area (Å²) in [5.74, 6) is 1.99. The molecule has 0 aliphatic heterocycles. The van der Waals surface area contributed by atoms with Crippen LogP contribution < -0.4 is 5.32 Å². The van der Waals surface area contributed by atoms with Crippen molar-refractivity contribution in [3.8, 4) is 0 Å². The van der Waals surface area contributed by atoms with Crippen LogP contribution >= 0.6 is 27.7 Å². The number of carbonyl (C=O) groups excluding carboxylic acids is 1. The third-order valence-electron chi connectivity index (χ3n) is 2.80. The number of amides is 1. The first-order valence-corrected chi connectivity index (χ1v) is 8.05. The topological polar surface area (TPSA) is 29.1 Å². The Kier molecular flexibility index (Phi) is 6.79. The normalized spacial score (nSPS) is 12.5. The van der Waals surface area contributed by atoms with Crippen LogP contribution in [0.25, 0.3) is 0 Å². The zero-order chi connectivity index (χ0) is 13.5. The summed E-state index contributed by atoms with van der Waals surface area (Å²) in [7, 11) is 0. The Morgan fingerprint density at radius 2 is 1.89 bits per heavy atom. The highest BCUT2D eigenvalue weighted by molar-refractivity contribution is 9.10. The molecule has 1 rings (SSSR count). The molecule has 0 radical (unpaired) electrons. The van der Waals surface area contributed by atoms with Gasteiger partial charge in [-0.2, -0.15) is 0 Å². The van der Waals surface area contributed by atoms with Gasteiger partial charge in [-0.05, 0) is 30.5 Å². The molecule has 0 bridgehead atoms. The third kappa shape index (κ3) is 5.91. The maximum absolute atomic E-state index is 11.7. The molecule has 1 atom stereocenters. The summed E-state index contributed by atoms with van der Waals surface area (Å²) < 4.78 is 1.08. The van der Waals surface area contributed by atoms with Crippen LogP contribution in [0, 0.1) is 5.92 Å². The van der Waals surface area contributed by atoms with Gasteiger partial charge in [-0.25, -0.2) is 0 Å². The summed E-state index contributed by atoms with van der Waals surface area (Å²) in [6.07, 6.45) is 0. The molecule has 0 aromatic heterocycles. The Bertz CT molecular complexity index is 378. The molecule has 0 heterocycles. The van der Waals surface area contributed by atoms with Crippen molar-refractivity contribution >= 4 is 33.6 Å². The number of thioether (sulfide) groups is 1. The van der Waals surface area contributed by atoms with E-state index in [0.717, 1.165) is 10.2 Å². The average molecular weight is 330 g/mol. The average Bonchev–Trinajstić information content (AvgIpc) is 2.31. The van der Waals surface area contributed by atoms with E-state index in [0.29, 0.717) is 11.7 Å². The van der Waals surface area contributed by atoms with Crippen LogP contribution in [-0.2, 0) is 10.5 Å². The summed E-state index contributed by atoms with van der Waals surface area (Å²) in [6.45, 7) is 6.27. The quantitative estimate of drug-likeness (QED) is 0.859. The van der Waals surface area contributed by atoms with Crippen LogP contribution in [0.3, 0.4) is 0 Å². The molecule has 1 amide bonds. The number of rotatable bonds is 6. The molecule has 0 unspecified atom stereocenters. The lowest BCUT2D eigenvalue weighted by atomic mass is 10.1. The van der Waals surface area contributed by atoms with E-state index in [1.54, 1.807) is 11.8 Å². The summed E-state index contributed by atoms with van der Waals surface area (Å²) in [5.41, 5.74) is 1.24. The minimum absolute atomic E-state index is 0.123. The predicted octanol–water partition coefficient (Wildman–Crippen LogP) is 3.84. The Balaban J connectivity index is 2.25. The lowest BCUT2D eigenvalue weighted by molar-refractivity contribution is -0.119. The second-order valence-corrected chi connectivity index (χ2v) is 6.62. The van der Waals surface area contributed by atoms with Crippen LogP contribution in [0.1, 0.15) is 26.3 Å². The van der Waals surface area contributed by atoms with E-state index in [1.807, 2.05) is 19.1 Å². The largest absolute Gasteiger partial charge is 0.353 e. The minimum atomic E-state index is 0.123. The molecular formula is C14H20BrNOS. The second-order valence-electron chi connectivity index (χ2n) is 4.72. The van der Waals surface area contributed by atoms with E-state index in [1.165, 1.54) is 5.56 Å². The van der Waals surface area contributed by atoms with Crippen LogP contribution in [0.15, 0.2) is 28.7 Å². The van der Waals surface area contributed by atoms with E-state index in [4.69, 9.17) is 0 Å². The molecule has 0 aliphatic rings. The number of nitrogens with one attached hydrogen (secondary N) is 1. The zero-order valence-electron chi connectivity index (χ0n) is 11.1. The van der Waals surface area contributed by atoms with Crippen molar-refractivity contribution in [2.75, 3.05) is 5.75 Å². The van der Waals surface area contributed by atoms with Crippen molar-refractivity contribution in [1.82, 2.24) is 5.32 Å². The molecule has 18 heavy (non-hydrogen) atoms. The highest BCUT2D eigenvalue weighted by Crippen LogP contribution is 2.15. The van der Waals surface area contributed by atoms with Crippen molar-refractivity contribution in [2.24, 2.45) is 5.92 Å². The smallest absolute Gasteiger partial charge is 0.230 e. The molecule has 100 valence electrons. The maximum Gasteiger partial charge on any atom is 0.230 e. The summed E-state index contributed by atoms with van der Waals surface area (Å²) in [6, 6.07) is 8.44. The van der Waals surface area contributed by atoms with Gasteiger partial charge >= 0.3 is 0 Å². The fourth-order valence-corrected chi connectivity index (χ4v) is 2.37. The molecular weight excluding hydrogens is 310 g/mol. The molecule has 0 spiro atoms. The zero-order valence-corrected chi connectivity index (χ0v) is 13.5. The Hall–Kier alpha value is -0.480. The molecule has 0 fully saturated rings. The molecule has 1 N–H and O–H groups in total. The van der Waals surface area contributed by atoms with E-state index >= 15 is 0 Å². The highest BCUT2D eigenvalue weighted by Gasteiger charge is 2.10. The lowest BCUT2D eigenvalue weighted by Crippen LogP contribution is -2.37. The standard InChI is InChI=1S/C14H20BrNOS/c1-10(2)11(3)16-14(17)9-18-8-12-4-6-13(15)7-5-12/h4-7,10-11H,8-9H2,1-3H3,(H,16,17)/t11-/m1/s1. The summed E-state index contributed by atoms with van der Waals surface area (Å²) in [5, 5.41) is 3.01. The molecule has 1 aromatic rings. The van der Waals surface area contributed by atoms with Crippen LogP contribution in [0.2, 0.25) is 0 Å². The first-order chi connectivity index (χ1) is 8.49. The van der Waals surface area contributed by atoms with Gasteiger partial charge in [-0.15, -0.1) is 11.8 Å². The van der Waals surface area contributed by atoms with E-state index in [-0.39, 0.29) is 11.9 Å². The Labute approximate surface area is 122 Å². The number of hydrogen-bond donors (Lipinski definition) is 1. The Morgan fingerprint density at radius 3 is 2.44 bits per heavy atom. The van der Waals surface area contributed by atoms with Gasteiger partial charge in [0.05, 0.1) is 5.75 Å². The van der Waals surface area contributed by atoms with Crippen LogP contribution in [0.5, 0.6) is 0 Å². The molecule has 0 saturated carbocycles. The van der Waals surface area contributed by atoms with Gasteiger partial charge in [0.2, 0.25) is 5.91 Å². The molecule has 2 nitrogen and oxygen atoms in total. The van der Waals surface area contributed by atoms with Crippen molar-refractivity contribution in [1.29, 1.82) is 0 Å². The fourth-order valence-electron chi connectivity index (χ4n) is 1.30. The maximum atomic E-state index is 11.7. The van der Waals surface area contributed by atoms with E-state index < -0.39 is 0 Å². The van der Waals surface area contributed by atoms with Crippen molar-refractivity contribution in [3.63, 3.8) is 0 Å². The second kappa shape index (κ2) is 7.85. The van der Waals surface area contributed by atoms with Gasteiger partial charge in [0.15, 0.2) is 0 Å². The minimum Gasteiger partial charge on any atom is -0.353 e. The van der Waals surface area contributed by atoms with Crippen LogP contribution in [0.4, 0.5) is 0 Å². The third-order valence-corrected chi connectivity index (χ3v) is 4.34. The highest BCUT2D eigenvalue weighted by atomic mass is 79.9. The van der Waals surface area contributed by atoms with Gasteiger partial charge in [0.25, 0.3) is 0 Å². The van der Waals surface area contributed by atoms with Gasteiger partial charge < -0.3 is 5.32 Å². The first kappa shape index (κ1) is 15.6. The van der Waals surface area contributed by atoms with Gasteiger partial charge in [0, 0.05) is 16.3 Å². The molecule has 0 saturated heterocycles. The molecule has 1 aromatic carbocycles. The van der Waals surface area contributed by atoms with Gasteiger partial charge in [-0.3, -0.25) is 4.79 Å². The number of hydrogen-bond acceptors (Lipinski definition) is 2. The predicted molar refractivity (Wildman–Crippen MR) is 82.7 cm³/mol. The number of benzene rings is 1. The summed E-state index contributed by atoms with van der Waals surface area (Å²) >= 11 is 5.05. The molecule has 4 heteroatoms. The van der Waals surface area contributed by atoms with E-state index in [9.17, 15) is 4.79 Å². The van der Waals surface area contributed by atoms with Gasteiger partial charge in [0.1, 0.15) is 0 Å². The van der Waals surface area contributed by atoms with Crippen molar-refractivity contribution in [2.45, 2.75) is 32.6 Å². The monoisotopic (exact) mass is 329 g/mol. The first-order valence-electron chi connectivity index (χ1n) is 6.10. The Morgan fingerprint density at radius 1 is 1.28 bits per heavy atom. The van der Waals surface area contributed by atoms with E-state index in [2.05, 4.69) is 47.2 Å². The van der Waals surface area contributed by atoms with Gasteiger partial charge in [-0.1, -0.05) is 41.9 Å². The molecule has 0 aliphatic carbocycles. The number of carbonyl (C=O) groups is 1. The lowest BCUT2D eigenvalue weighted by Gasteiger charge is -2.17. The van der Waals surface area contributed by atoms with Crippen LogP contribution in [-0.4, -0.2) is 17.7 Å². The van der Waals surface area contributed by atoms with Crippen molar-refractivity contribution in [3.05, 3.63) is 34.3 Å². The number of halogens is 1. The SMILES string of the molecule is CC(C)[C@@H](C)NC(=O)CSCc1ccc(Br)cc1. The summed E-state index contributed by atoms with van der Waals surface area (Å²) in [4.78, 5) is 11.7.